The fraction of sp³-hybridized carbons (Fsp3) is 0.0952. The number of aromatic nitrogens is 4. The first-order valence-corrected chi connectivity index (χ1v) is 10.4. The highest BCUT2D eigenvalue weighted by Gasteiger charge is 2.10. The second-order valence-corrected chi connectivity index (χ2v) is 8.09. The number of anilines is 3. The SMILES string of the molecule is Cc1ccc(CNc2nc(Nc3ccc4[nH]ncc4c3)c3sccc3n2)cc1Cl. The van der Waals surface area contributed by atoms with Gasteiger partial charge in [0.05, 0.1) is 21.9 Å². The maximum atomic E-state index is 6.23. The highest BCUT2D eigenvalue weighted by Crippen LogP contribution is 2.30. The van der Waals surface area contributed by atoms with Crippen LogP contribution in [-0.2, 0) is 6.54 Å². The van der Waals surface area contributed by atoms with Gasteiger partial charge in [-0.3, -0.25) is 5.10 Å². The molecule has 0 aliphatic carbocycles. The Bertz CT molecular complexity index is 1330. The van der Waals surface area contributed by atoms with Crippen molar-refractivity contribution in [1.29, 1.82) is 0 Å². The first-order chi connectivity index (χ1) is 14.2. The zero-order valence-electron chi connectivity index (χ0n) is 15.5. The summed E-state index contributed by atoms with van der Waals surface area (Å²) in [5.74, 6) is 1.34. The Hall–Kier alpha value is -3.16. The van der Waals surface area contributed by atoms with Crippen molar-refractivity contribution in [2.75, 3.05) is 10.6 Å². The zero-order chi connectivity index (χ0) is 19.8. The molecule has 8 heteroatoms. The summed E-state index contributed by atoms with van der Waals surface area (Å²) in [5.41, 5.74) is 4.99. The highest BCUT2D eigenvalue weighted by atomic mass is 35.5. The summed E-state index contributed by atoms with van der Waals surface area (Å²) in [7, 11) is 0. The van der Waals surface area contributed by atoms with E-state index in [1.165, 1.54) is 0 Å². The molecule has 0 saturated heterocycles. The Morgan fingerprint density at radius 1 is 1.10 bits per heavy atom. The Labute approximate surface area is 176 Å². The van der Waals surface area contributed by atoms with Crippen LogP contribution in [0.15, 0.2) is 54.0 Å². The van der Waals surface area contributed by atoms with Gasteiger partial charge >= 0.3 is 0 Å². The summed E-state index contributed by atoms with van der Waals surface area (Å²) in [6.45, 7) is 2.59. The van der Waals surface area contributed by atoms with Crippen molar-refractivity contribution in [3.8, 4) is 0 Å². The summed E-state index contributed by atoms with van der Waals surface area (Å²) in [4.78, 5) is 9.35. The molecule has 29 heavy (non-hydrogen) atoms. The van der Waals surface area contributed by atoms with Crippen molar-refractivity contribution in [3.63, 3.8) is 0 Å². The van der Waals surface area contributed by atoms with Gasteiger partial charge in [0.25, 0.3) is 0 Å². The van der Waals surface area contributed by atoms with Crippen LogP contribution in [-0.4, -0.2) is 20.2 Å². The minimum absolute atomic E-state index is 0.569. The van der Waals surface area contributed by atoms with Crippen molar-refractivity contribution in [3.05, 3.63) is 70.2 Å². The lowest BCUT2D eigenvalue weighted by Gasteiger charge is -2.11. The fourth-order valence-electron chi connectivity index (χ4n) is 3.11. The molecule has 2 aromatic carbocycles. The molecule has 0 unspecified atom stereocenters. The summed E-state index contributed by atoms with van der Waals surface area (Å²) in [6, 6.07) is 14.1. The van der Waals surface area contributed by atoms with Crippen LogP contribution < -0.4 is 10.6 Å². The maximum Gasteiger partial charge on any atom is 0.225 e. The molecule has 0 atom stereocenters. The summed E-state index contributed by atoms with van der Waals surface area (Å²) >= 11 is 7.85. The largest absolute Gasteiger partial charge is 0.350 e. The Morgan fingerprint density at radius 2 is 2.03 bits per heavy atom. The molecular formula is C21H17ClN6S. The topological polar surface area (TPSA) is 78.5 Å². The third kappa shape index (κ3) is 3.62. The predicted octanol–water partition coefficient (Wildman–Crippen LogP) is 5.89. The number of fused-ring (bicyclic) bond motifs is 2. The number of nitrogens with zero attached hydrogens (tertiary/aromatic N) is 3. The Morgan fingerprint density at radius 3 is 2.93 bits per heavy atom. The van der Waals surface area contributed by atoms with Gasteiger partial charge in [0, 0.05) is 22.6 Å². The van der Waals surface area contributed by atoms with Gasteiger partial charge in [-0.1, -0.05) is 23.7 Å². The van der Waals surface area contributed by atoms with Gasteiger partial charge in [-0.05, 0) is 53.8 Å². The number of rotatable bonds is 5. The van der Waals surface area contributed by atoms with Crippen LogP contribution in [0.1, 0.15) is 11.1 Å². The lowest BCUT2D eigenvalue weighted by atomic mass is 10.1. The molecule has 0 fully saturated rings. The van der Waals surface area contributed by atoms with Crippen LogP contribution in [0, 0.1) is 6.92 Å². The van der Waals surface area contributed by atoms with Gasteiger partial charge in [-0.25, -0.2) is 4.98 Å². The Kier molecular flexibility index (Phi) is 4.54. The lowest BCUT2D eigenvalue weighted by molar-refractivity contribution is 1.07. The van der Waals surface area contributed by atoms with Crippen molar-refractivity contribution < 1.29 is 0 Å². The van der Waals surface area contributed by atoms with Crippen LogP contribution in [0.4, 0.5) is 17.5 Å². The van der Waals surface area contributed by atoms with E-state index in [1.807, 2.05) is 48.7 Å². The zero-order valence-corrected chi connectivity index (χ0v) is 17.1. The number of halogens is 1. The van der Waals surface area contributed by atoms with E-state index in [-0.39, 0.29) is 0 Å². The van der Waals surface area contributed by atoms with Crippen molar-refractivity contribution in [1.82, 2.24) is 20.2 Å². The van der Waals surface area contributed by atoms with E-state index >= 15 is 0 Å². The number of hydrogen-bond acceptors (Lipinski definition) is 6. The normalized spacial score (nSPS) is 11.2. The fourth-order valence-corrected chi connectivity index (χ4v) is 4.09. The van der Waals surface area contributed by atoms with Gasteiger partial charge < -0.3 is 10.6 Å². The summed E-state index contributed by atoms with van der Waals surface area (Å²) in [6.07, 6.45) is 1.81. The number of aryl methyl sites for hydroxylation is 1. The number of nitrogens with one attached hydrogen (secondary N) is 3. The molecule has 0 aliphatic heterocycles. The molecule has 144 valence electrons. The molecule has 6 nitrogen and oxygen atoms in total. The number of aromatic amines is 1. The molecular weight excluding hydrogens is 404 g/mol. The van der Waals surface area contributed by atoms with E-state index in [0.29, 0.717) is 12.5 Å². The van der Waals surface area contributed by atoms with E-state index in [2.05, 4.69) is 31.9 Å². The second-order valence-electron chi connectivity index (χ2n) is 6.76. The van der Waals surface area contributed by atoms with Crippen LogP contribution in [0.5, 0.6) is 0 Å². The molecule has 3 heterocycles. The molecule has 0 saturated carbocycles. The molecule has 3 N–H and O–H groups in total. The summed E-state index contributed by atoms with van der Waals surface area (Å²) in [5, 5.41) is 17.6. The average molecular weight is 421 g/mol. The van der Waals surface area contributed by atoms with Crippen LogP contribution in [0.3, 0.4) is 0 Å². The van der Waals surface area contributed by atoms with Gasteiger partial charge in [0.2, 0.25) is 5.95 Å². The number of thiophene rings is 1. The van der Waals surface area contributed by atoms with Crippen LogP contribution in [0.2, 0.25) is 5.02 Å². The minimum atomic E-state index is 0.569. The second kappa shape index (κ2) is 7.35. The van der Waals surface area contributed by atoms with Crippen molar-refractivity contribution >= 4 is 61.5 Å². The van der Waals surface area contributed by atoms with E-state index in [4.69, 9.17) is 16.6 Å². The first kappa shape index (κ1) is 17.9. The molecule has 5 rings (SSSR count). The number of hydrogen-bond donors (Lipinski definition) is 3. The quantitative estimate of drug-likeness (QED) is 0.330. The summed E-state index contributed by atoms with van der Waals surface area (Å²) < 4.78 is 1.02. The molecule has 5 aromatic rings. The van der Waals surface area contributed by atoms with Crippen LogP contribution >= 0.6 is 22.9 Å². The lowest BCUT2D eigenvalue weighted by Crippen LogP contribution is -2.05. The average Bonchev–Trinajstić information content (AvgIpc) is 3.37. The monoisotopic (exact) mass is 420 g/mol. The van der Waals surface area contributed by atoms with E-state index in [1.54, 1.807) is 17.5 Å². The van der Waals surface area contributed by atoms with E-state index in [0.717, 1.165) is 48.8 Å². The van der Waals surface area contributed by atoms with Gasteiger partial charge in [-0.2, -0.15) is 10.1 Å². The molecule has 0 amide bonds. The first-order valence-electron chi connectivity index (χ1n) is 9.10. The van der Waals surface area contributed by atoms with Crippen molar-refractivity contribution in [2.45, 2.75) is 13.5 Å². The van der Waals surface area contributed by atoms with Crippen LogP contribution in [0.25, 0.3) is 21.1 Å². The van der Waals surface area contributed by atoms with Gasteiger partial charge in [-0.15, -0.1) is 11.3 Å². The molecule has 0 bridgehead atoms. The van der Waals surface area contributed by atoms with E-state index in [9.17, 15) is 0 Å². The number of benzene rings is 2. The van der Waals surface area contributed by atoms with E-state index < -0.39 is 0 Å². The van der Waals surface area contributed by atoms with Crippen molar-refractivity contribution in [2.24, 2.45) is 0 Å². The maximum absolute atomic E-state index is 6.23. The molecule has 0 spiro atoms. The minimum Gasteiger partial charge on any atom is -0.350 e. The number of H-pyrrole nitrogens is 1. The standard InChI is InChI=1S/C21H17ClN6S/c1-12-2-3-13(8-16(12)22)10-23-21-26-18-6-7-29-19(18)20(27-21)25-15-4-5-17-14(9-15)11-24-28-17/h2-9,11H,10H2,1H3,(H,24,28)(H2,23,25,26,27). The Balaban J connectivity index is 1.43. The third-order valence-electron chi connectivity index (χ3n) is 4.69. The van der Waals surface area contributed by atoms with Gasteiger partial charge in [0.1, 0.15) is 0 Å². The predicted molar refractivity (Wildman–Crippen MR) is 120 cm³/mol. The third-order valence-corrected chi connectivity index (χ3v) is 6.01. The highest BCUT2D eigenvalue weighted by molar-refractivity contribution is 7.17. The smallest absolute Gasteiger partial charge is 0.225 e. The van der Waals surface area contributed by atoms with Gasteiger partial charge in [0.15, 0.2) is 5.82 Å². The molecule has 0 aliphatic rings. The molecule has 0 radical (unpaired) electrons. The molecule has 3 aromatic heterocycles.